The number of thiocarbonyl (C=S) groups is 1. The van der Waals surface area contributed by atoms with Crippen LogP contribution in [0.2, 0.25) is 0 Å². The minimum Gasteiger partial charge on any atom is -0.497 e. The summed E-state index contributed by atoms with van der Waals surface area (Å²) in [5, 5.41) is 5.65. The molecule has 0 atom stereocenters. The van der Waals surface area contributed by atoms with Gasteiger partial charge in [0.2, 0.25) is 5.91 Å². The summed E-state index contributed by atoms with van der Waals surface area (Å²) in [6.07, 6.45) is 3.04. The number of benzene rings is 2. The molecule has 0 saturated heterocycles. The molecular formula is C19H20N2O4S. The molecule has 0 spiro atoms. The van der Waals surface area contributed by atoms with Crippen LogP contribution < -0.4 is 24.8 Å². The maximum absolute atomic E-state index is 12.1. The zero-order chi connectivity index (χ0) is 18.9. The summed E-state index contributed by atoms with van der Waals surface area (Å²) < 4.78 is 15.7. The maximum Gasteiger partial charge on any atom is 0.250 e. The summed E-state index contributed by atoms with van der Waals surface area (Å²) in [6.45, 7) is 0. The third-order valence-electron chi connectivity index (χ3n) is 3.44. The van der Waals surface area contributed by atoms with Gasteiger partial charge in [0.05, 0.1) is 27.0 Å². The van der Waals surface area contributed by atoms with E-state index in [2.05, 4.69) is 10.6 Å². The van der Waals surface area contributed by atoms with E-state index in [9.17, 15) is 4.79 Å². The summed E-state index contributed by atoms with van der Waals surface area (Å²) in [4.78, 5) is 12.1. The second-order valence-electron chi connectivity index (χ2n) is 5.08. The molecule has 0 radical (unpaired) electrons. The van der Waals surface area contributed by atoms with Crippen molar-refractivity contribution < 1.29 is 19.0 Å². The second-order valence-corrected chi connectivity index (χ2v) is 5.49. The standard InChI is InChI=1S/C19H20N2O4S/c1-23-14-9-10-17(25-3)15(12-14)20-19(26)21-18(22)11-8-13-6-4-5-7-16(13)24-2/h4-12H,1-3H3,(H2,20,21,22,26)/b11-8+. The number of para-hydroxylation sites is 1. The van der Waals surface area contributed by atoms with Gasteiger partial charge in [0.1, 0.15) is 17.2 Å². The van der Waals surface area contributed by atoms with Gasteiger partial charge in [-0.2, -0.15) is 0 Å². The number of methoxy groups -OCH3 is 3. The van der Waals surface area contributed by atoms with Gasteiger partial charge in [-0.1, -0.05) is 18.2 Å². The fraction of sp³-hybridized carbons (Fsp3) is 0.158. The average Bonchev–Trinajstić information content (AvgIpc) is 2.66. The summed E-state index contributed by atoms with van der Waals surface area (Å²) in [6, 6.07) is 12.6. The van der Waals surface area contributed by atoms with Gasteiger partial charge in [-0.25, -0.2) is 0 Å². The normalized spacial score (nSPS) is 10.3. The third kappa shape index (κ3) is 5.22. The molecule has 0 bridgehead atoms. The topological polar surface area (TPSA) is 68.8 Å². The molecule has 1 amide bonds. The lowest BCUT2D eigenvalue weighted by molar-refractivity contribution is -0.115. The highest BCUT2D eigenvalue weighted by Gasteiger charge is 2.08. The van der Waals surface area contributed by atoms with Gasteiger partial charge in [-0.15, -0.1) is 0 Å². The van der Waals surface area contributed by atoms with Gasteiger partial charge in [0.15, 0.2) is 5.11 Å². The first-order chi connectivity index (χ1) is 12.6. The SMILES string of the molecule is COc1ccc(OC)c(NC(=S)NC(=O)/C=C/c2ccccc2OC)c1. The quantitative estimate of drug-likeness (QED) is 0.599. The second kappa shape index (κ2) is 9.43. The van der Waals surface area contributed by atoms with Crippen LogP contribution >= 0.6 is 12.2 Å². The molecule has 2 rings (SSSR count). The molecule has 0 aliphatic rings. The average molecular weight is 372 g/mol. The van der Waals surface area contributed by atoms with Crippen LogP contribution in [0, 0.1) is 0 Å². The molecule has 2 aromatic carbocycles. The van der Waals surface area contributed by atoms with Crippen LogP contribution in [0.5, 0.6) is 17.2 Å². The molecule has 2 N–H and O–H groups in total. The lowest BCUT2D eigenvalue weighted by Crippen LogP contribution is -2.32. The van der Waals surface area contributed by atoms with Crippen LogP contribution in [-0.2, 0) is 4.79 Å². The van der Waals surface area contributed by atoms with Crippen LogP contribution in [-0.4, -0.2) is 32.3 Å². The van der Waals surface area contributed by atoms with E-state index in [1.165, 1.54) is 6.08 Å². The summed E-state index contributed by atoms with van der Waals surface area (Å²) >= 11 is 5.18. The molecule has 2 aromatic rings. The highest BCUT2D eigenvalue weighted by molar-refractivity contribution is 7.80. The van der Waals surface area contributed by atoms with Gasteiger partial charge < -0.3 is 19.5 Å². The van der Waals surface area contributed by atoms with Crippen molar-refractivity contribution in [1.82, 2.24) is 5.32 Å². The van der Waals surface area contributed by atoms with Crippen molar-refractivity contribution in [2.24, 2.45) is 0 Å². The van der Waals surface area contributed by atoms with Crippen molar-refractivity contribution >= 4 is 35.0 Å². The Hall–Kier alpha value is -3.06. The Morgan fingerprint density at radius 1 is 1.00 bits per heavy atom. The molecule has 26 heavy (non-hydrogen) atoms. The number of nitrogens with one attached hydrogen (secondary N) is 2. The fourth-order valence-electron chi connectivity index (χ4n) is 2.19. The Morgan fingerprint density at radius 2 is 1.73 bits per heavy atom. The molecule has 0 aliphatic heterocycles. The molecule has 0 unspecified atom stereocenters. The van der Waals surface area contributed by atoms with Crippen molar-refractivity contribution in [2.45, 2.75) is 0 Å². The van der Waals surface area contributed by atoms with E-state index < -0.39 is 0 Å². The van der Waals surface area contributed by atoms with Gasteiger partial charge in [0, 0.05) is 17.7 Å². The molecular weight excluding hydrogens is 352 g/mol. The van der Waals surface area contributed by atoms with Crippen molar-refractivity contribution in [1.29, 1.82) is 0 Å². The van der Waals surface area contributed by atoms with Crippen molar-refractivity contribution in [3.8, 4) is 17.2 Å². The number of hydrogen-bond acceptors (Lipinski definition) is 5. The molecule has 0 aromatic heterocycles. The number of rotatable bonds is 6. The van der Waals surface area contributed by atoms with Crippen LogP contribution in [0.15, 0.2) is 48.5 Å². The molecule has 0 aliphatic carbocycles. The Morgan fingerprint density at radius 3 is 2.42 bits per heavy atom. The maximum atomic E-state index is 12.1. The molecule has 6 nitrogen and oxygen atoms in total. The fourth-order valence-corrected chi connectivity index (χ4v) is 2.40. The van der Waals surface area contributed by atoms with E-state index in [-0.39, 0.29) is 11.0 Å². The Labute approximate surface area is 157 Å². The first kappa shape index (κ1) is 19.3. The third-order valence-corrected chi connectivity index (χ3v) is 3.65. The van der Waals surface area contributed by atoms with Gasteiger partial charge in [-0.05, 0) is 36.5 Å². The summed E-state index contributed by atoms with van der Waals surface area (Å²) in [5.74, 6) is 1.53. The summed E-state index contributed by atoms with van der Waals surface area (Å²) in [5.41, 5.74) is 1.38. The van der Waals surface area contributed by atoms with E-state index in [1.54, 1.807) is 45.6 Å². The first-order valence-electron chi connectivity index (χ1n) is 7.72. The monoisotopic (exact) mass is 372 g/mol. The van der Waals surface area contributed by atoms with E-state index in [4.69, 9.17) is 26.4 Å². The van der Waals surface area contributed by atoms with E-state index in [0.29, 0.717) is 22.9 Å². The number of carbonyl (C=O) groups excluding carboxylic acids is 1. The van der Waals surface area contributed by atoms with E-state index in [0.717, 1.165) is 5.56 Å². The minimum atomic E-state index is -0.365. The number of ether oxygens (including phenoxy) is 3. The van der Waals surface area contributed by atoms with E-state index >= 15 is 0 Å². The molecule has 0 saturated carbocycles. The number of hydrogen-bond donors (Lipinski definition) is 2. The van der Waals surface area contributed by atoms with Gasteiger partial charge >= 0.3 is 0 Å². The van der Waals surface area contributed by atoms with Crippen molar-refractivity contribution in [3.05, 3.63) is 54.1 Å². The number of anilines is 1. The Balaban J connectivity index is 2.01. The molecule has 7 heteroatoms. The highest BCUT2D eigenvalue weighted by Crippen LogP contribution is 2.28. The van der Waals surface area contributed by atoms with E-state index in [1.807, 2.05) is 24.3 Å². The molecule has 0 fully saturated rings. The Kier molecular flexibility index (Phi) is 6.99. The van der Waals surface area contributed by atoms with Gasteiger partial charge in [-0.3, -0.25) is 10.1 Å². The van der Waals surface area contributed by atoms with Gasteiger partial charge in [0.25, 0.3) is 0 Å². The molecule has 136 valence electrons. The van der Waals surface area contributed by atoms with Crippen LogP contribution in [0.4, 0.5) is 5.69 Å². The minimum absolute atomic E-state index is 0.145. The van der Waals surface area contributed by atoms with Crippen LogP contribution in [0.3, 0.4) is 0 Å². The number of amides is 1. The smallest absolute Gasteiger partial charge is 0.250 e. The largest absolute Gasteiger partial charge is 0.497 e. The number of carbonyl (C=O) groups is 1. The first-order valence-corrected chi connectivity index (χ1v) is 8.13. The van der Waals surface area contributed by atoms with Crippen LogP contribution in [0.1, 0.15) is 5.56 Å². The zero-order valence-electron chi connectivity index (χ0n) is 14.7. The molecule has 0 heterocycles. The highest BCUT2D eigenvalue weighted by atomic mass is 32.1. The lowest BCUT2D eigenvalue weighted by atomic mass is 10.2. The predicted octanol–water partition coefficient (Wildman–Crippen LogP) is 3.24. The zero-order valence-corrected chi connectivity index (χ0v) is 15.6. The van der Waals surface area contributed by atoms with Crippen molar-refractivity contribution in [3.63, 3.8) is 0 Å². The summed E-state index contributed by atoms with van der Waals surface area (Å²) in [7, 11) is 4.69. The predicted molar refractivity (Wildman–Crippen MR) is 106 cm³/mol. The van der Waals surface area contributed by atoms with Crippen molar-refractivity contribution in [2.75, 3.05) is 26.6 Å². The Bertz CT molecular complexity index is 821. The van der Waals surface area contributed by atoms with Crippen LogP contribution in [0.25, 0.3) is 6.08 Å². The lowest BCUT2D eigenvalue weighted by Gasteiger charge is -2.13.